The normalized spacial score (nSPS) is 10.0. The fraction of sp³-hybridized carbons (Fsp3) is 0. The maximum atomic E-state index is 7.40. The van der Waals surface area contributed by atoms with Gasteiger partial charge in [0, 0.05) is 16.8 Å². The van der Waals surface area contributed by atoms with Crippen molar-refractivity contribution in [3.63, 3.8) is 0 Å². The number of hydrogen-bond acceptors (Lipinski definition) is 4. The second-order valence-corrected chi connectivity index (χ2v) is 4.02. The van der Waals surface area contributed by atoms with Gasteiger partial charge in [0.2, 0.25) is 0 Å². The molecular weight excluding hydrogens is 242 g/mol. The van der Waals surface area contributed by atoms with Crippen molar-refractivity contribution < 1.29 is 30.6 Å². The summed E-state index contributed by atoms with van der Waals surface area (Å²) >= 11 is -5.18. The molecule has 0 unspecified atom stereocenters. The Labute approximate surface area is 50.7 Å². The molecule has 6 heavy (non-hydrogen) atoms. The summed E-state index contributed by atoms with van der Waals surface area (Å²) in [6.45, 7) is 0. The van der Waals surface area contributed by atoms with Crippen LogP contribution in [0.1, 0.15) is 0 Å². The monoisotopic (exact) mass is 247 g/mol. The Bertz CT molecular complexity index is 23.0. The molecule has 0 aliphatic carbocycles. The van der Waals surface area contributed by atoms with Crippen molar-refractivity contribution in [1.82, 2.24) is 0 Å². The van der Waals surface area contributed by atoms with E-state index in [1.54, 1.807) is 0 Å². The molecule has 0 atom stereocenters. The van der Waals surface area contributed by atoms with Gasteiger partial charge in [-0.2, -0.15) is 0 Å². The Kier molecular flexibility index (Phi) is 5.41. The zero-order valence-corrected chi connectivity index (χ0v) is 6.52. The van der Waals surface area contributed by atoms with Gasteiger partial charge in [-0.05, 0) is 0 Å². The van der Waals surface area contributed by atoms with E-state index in [1.807, 2.05) is 0 Å². The van der Waals surface area contributed by atoms with Crippen molar-refractivity contribution in [2.24, 2.45) is 0 Å². The van der Waals surface area contributed by atoms with Gasteiger partial charge in [-0.15, -0.1) is 0 Å². The van der Waals surface area contributed by atoms with Crippen molar-refractivity contribution in [2.75, 3.05) is 0 Å². The molecule has 0 rings (SSSR count). The zero-order chi connectivity index (χ0) is 4.50. The third kappa shape index (κ3) is 67.4. The minimum absolute atomic E-state index is 0. The van der Waals surface area contributed by atoms with Crippen LogP contribution in [-0.4, -0.2) is 33.8 Å². The summed E-state index contributed by atoms with van der Waals surface area (Å²) in [4.78, 5) is 0. The topological polar surface area (TPSA) is 80.9 Å². The van der Waals surface area contributed by atoms with E-state index in [-0.39, 0.29) is 16.8 Å². The van der Waals surface area contributed by atoms with E-state index in [1.165, 1.54) is 0 Å². The van der Waals surface area contributed by atoms with Gasteiger partial charge < -0.3 is 0 Å². The van der Waals surface area contributed by atoms with E-state index in [2.05, 4.69) is 0 Å². The molecule has 4 N–H and O–H groups in total. The first kappa shape index (κ1) is 10.2. The van der Waals surface area contributed by atoms with Gasteiger partial charge in [-0.1, -0.05) is 0 Å². The van der Waals surface area contributed by atoms with Gasteiger partial charge in [0.15, 0.2) is 0 Å². The van der Waals surface area contributed by atoms with Crippen molar-refractivity contribution in [1.29, 1.82) is 0 Å². The molecule has 0 spiro atoms. The summed E-state index contributed by atoms with van der Waals surface area (Å²) in [5.74, 6) is 0. The molecule has 0 aromatic carbocycles. The molecule has 0 aliphatic rings. The van der Waals surface area contributed by atoms with E-state index in [0.29, 0.717) is 0 Å². The summed E-state index contributed by atoms with van der Waals surface area (Å²) in [7, 11) is 0. The van der Waals surface area contributed by atoms with Crippen LogP contribution in [0.4, 0.5) is 0 Å². The summed E-state index contributed by atoms with van der Waals surface area (Å²) < 4.78 is 29.6. The van der Waals surface area contributed by atoms with E-state index < -0.39 is 20.0 Å². The Morgan fingerprint density at radius 1 is 0.833 bits per heavy atom. The zero-order valence-electron chi connectivity index (χ0n) is 2.62. The average Bonchev–Trinajstić information content (AvgIpc) is 0.722. The molecule has 1 radical (unpaired) electrons. The van der Waals surface area contributed by atoms with E-state index in [9.17, 15) is 0 Å². The SMILES string of the molecule is [Co].[OH][Sn]([OH])([OH])[OH]. The maximum absolute atomic E-state index is 7.40. The first-order valence-electron chi connectivity index (χ1n) is 0.894. The first-order valence-corrected chi connectivity index (χ1v) is 6.00. The van der Waals surface area contributed by atoms with Crippen molar-refractivity contribution >= 4 is 20.0 Å². The van der Waals surface area contributed by atoms with E-state index in [4.69, 9.17) is 13.8 Å². The van der Waals surface area contributed by atoms with Gasteiger partial charge in [-0.3, -0.25) is 0 Å². The molecule has 6 heteroatoms. The molecule has 41 valence electrons. The standard InChI is InChI=1S/Co.4H2O.Sn/h;4*1H2;/q;;;;;+4/p-4. The van der Waals surface area contributed by atoms with Gasteiger partial charge >= 0.3 is 33.8 Å². The van der Waals surface area contributed by atoms with Gasteiger partial charge in [0.05, 0.1) is 0 Å². The Hall–Kier alpha value is 1.15. The molecule has 0 bridgehead atoms. The predicted molar refractivity (Wildman–Crippen MR) is 14.6 cm³/mol. The Morgan fingerprint density at radius 2 is 0.833 bits per heavy atom. The van der Waals surface area contributed by atoms with Crippen molar-refractivity contribution in [3.05, 3.63) is 0 Å². The Morgan fingerprint density at radius 3 is 0.833 bits per heavy atom. The molecule has 0 aromatic rings. The molecular formula is H4CoO4Sn. The second-order valence-electron chi connectivity index (χ2n) is 0.600. The van der Waals surface area contributed by atoms with Crippen LogP contribution < -0.4 is 0 Å². The molecule has 0 saturated heterocycles. The number of rotatable bonds is 0. The third-order valence-electron chi connectivity index (χ3n) is 0. The van der Waals surface area contributed by atoms with Crippen LogP contribution in [0.5, 0.6) is 0 Å². The molecule has 0 saturated carbocycles. The Balaban J connectivity index is 0. The fourth-order valence-electron chi connectivity index (χ4n) is 0. The fourth-order valence-corrected chi connectivity index (χ4v) is 0. The predicted octanol–water partition coefficient (Wildman–Crippen LogP) is -2.61. The molecule has 0 fully saturated rings. The molecule has 0 aromatic heterocycles. The quantitative estimate of drug-likeness (QED) is 0.353. The summed E-state index contributed by atoms with van der Waals surface area (Å²) in [5, 5.41) is 0. The van der Waals surface area contributed by atoms with Crippen LogP contribution in [0.2, 0.25) is 0 Å². The summed E-state index contributed by atoms with van der Waals surface area (Å²) in [5.41, 5.74) is 0. The summed E-state index contributed by atoms with van der Waals surface area (Å²) in [6, 6.07) is 0. The van der Waals surface area contributed by atoms with Crippen LogP contribution >= 0.6 is 0 Å². The van der Waals surface area contributed by atoms with E-state index >= 15 is 0 Å². The molecule has 0 heterocycles. The van der Waals surface area contributed by atoms with Crippen molar-refractivity contribution in [3.8, 4) is 0 Å². The van der Waals surface area contributed by atoms with Gasteiger partial charge in [0.1, 0.15) is 0 Å². The third-order valence-corrected chi connectivity index (χ3v) is 0. The molecule has 4 nitrogen and oxygen atoms in total. The van der Waals surface area contributed by atoms with Gasteiger partial charge in [-0.25, -0.2) is 0 Å². The summed E-state index contributed by atoms with van der Waals surface area (Å²) in [6.07, 6.45) is 0. The average molecular weight is 246 g/mol. The van der Waals surface area contributed by atoms with Gasteiger partial charge in [0.25, 0.3) is 0 Å². The molecule has 0 aliphatic heterocycles. The van der Waals surface area contributed by atoms with Crippen LogP contribution in [0.15, 0.2) is 0 Å². The first-order chi connectivity index (χ1) is 2.00. The van der Waals surface area contributed by atoms with Crippen molar-refractivity contribution in [2.45, 2.75) is 0 Å². The van der Waals surface area contributed by atoms with Crippen LogP contribution in [0, 0.1) is 0 Å². The van der Waals surface area contributed by atoms with E-state index in [0.717, 1.165) is 0 Å². The number of hydrogen-bond donors (Lipinski definition) is 4. The molecule has 0 amide bonds. The van der Waals surface area contributed by atoms with Crippen LogP contribution in [-0.2, 0) is 16.8 Å². The van der Waals surface area contributed by atoms with Crippen LogP contribution in [0.3, 0.4) is 0 Å². The van der Waals surface area contributed by atoms with Crippen LogP contribution in [0.25, 0.3) is 0 Å². The second kappa shape index (κ2) is 3.19. The minimum atomic E-state index is -5.18.